The van der Waals surface area contributed by atoms with E-state index in [1.807, 2.05) is 0 Å². The van der Waals surface area contributed by atoms with Crippen molar-refractivity contribution in [3.8, 4) is 11.5 Å². The molecule has 0 aliphatic rings. The third-order valence-electron chi connectivity index (χ3n) is 2.69. The van der Waals surface area contributed by atoms with E-state index in [-0.39, 0.29) is 11.2 Å². The van der Waals surface area contributed by atoms with Crippen molar-refractivity contribution < 1.29 is 14.3 Å². The summed E-state index contributed by atoms with van der Waals surface area (Å²) in [7, 11) is 3.11. The summed E-state index contributed by atoms with van der Waals surface area (Å²) in [6, 6.07) is 5.18. The Morgan fingerprint density at radius 2 is 1.91 bits per heavy atom. The van der Waals surface area contributed by atoms with Crippen LogP contribution in [0.5, 0.6) is 11.5 Å². The second kappa shape index (κ2) is 7.32. The van der Waals surface area contributed by atoms with Crippen LogP contribution in [0, 0.1) is 0 Å². The molecule has 1 aromatic heterocycles. The van der Waals surface area contributed by atoms with E-state index in [0.29, 0.717) is 26.7 Å². The molecule has 0 aliphatic heterocycles. The van der Waals surface area contributed by atoms with Crippen molar-refractivity contribution in [3.63, 3.8) is 0 Å². The van der Waals surface area contributed by atoms with Gasteiger partial charge in [0.05, 0.1) is 19.5 Å². The number of aromatic nitrogens is 2. The summed E-state index contributed by atoms with van der Waals surface area (Å²) in [6.07, 6.45) is 0. The number of thioether (sulfide) groups is 1. The van der Waals surface area contributed by atoms with Crippen molar-refractivity contribution in [2.24, 2.45) is 0 Å². The molecule has 2 rings (SSSR count). The smallest absolute Gasteiger partial charge is 0.237 e. The van der Waals surface area contributed by atoms with Crippen molar-refractivity contribution >= 4 is 39.8 Å². The summed E-state index contributed by atoms with van der Waals surface area (Å²) in [5.41, 5.74) is 6.12. The number of hydrogen-bond donors (Lipinski definition) is 2. The second-order valence-electron chi connectivity index (χ2n) is 4.26. The first-order valence-electron chi connectivity index (χ1n) is 6.31. The molecule has 1 unspecified atom stereocenters. The maximum absolute atomic E-state index is 12.2. The lowest BCUT2D eigenvalue weighted by Gasteiger charge is -2.12. The number of amides is 1. The average Bonchev–Trinajstić information content (AvgIpc) is 2.91. The normalized spacial score (nSPS) is 11.8. The zero-order valence-electron chi connectivity index (χ0n) is 12.3. The van der Waals surface area contributed by atoms with Gasteiger partial charge in [0.2, 0.25) is 11.0 Å². The lowest BCUT2D eigenvalue weighted by Crippen LogP contribution is -2.22. The molecule has 2 aromatic rings. The number of hydrogen-bond acceptors (Lipinski definition) is 8. The third kappa shape index (κ3) is 4.25. The van der Waals surface area contributed by atoms with Crippen LogP contribution in [-0.2, 0) is 4.79 Å². The van der Waals surface area contributed by atoms with Crippen molar-refractivity contribution in [1.29, 1.82) is 0 Å². The molecule has 1 atom stereocenters. The maximum atomic E-state index is 12.2. The Kier molecular flexibility index (Phi) is 5.45. The Bertz CT molecular complexity index is 640. The average molecular weight is 340 g/mol. The fourth-order valence-electron chi connectivity index (χ4n) is 1.60. The van der Waals surface area contributed by atoms with Gasteiger partial charge in [0.25, 0.3) is 0 Å². The summed E-state index contributed by atoms with van der Waals surface area (Å²) < 4.78 is 11.0. The van der Waals surface area contributed by atoms with Crippen molar-refractivity contribution in [1.82, 2.24) is 10.2 Å². The highest BCUT2D eigenvalue weighted by Gasteiger charge is 2.17. The molecule has 0 saturated heterocycles. The van der Waals surface area contributed by atoms with Gasteiger partial charge in [-0.25, -0.2) is 0 Å². The van der Waals surface area contributed by atoms with Gasteiger partial charge in [0, 0.05) is 23.9 Å². The van der Waals surface area contributed by atoms with E-state index < -0.39 is 0 Å². The zero-order chi connectivity index (χ0) is 16.1. The molecule has 1 aromatic carbocycles. The number of carbonyl (C=O) groups excluding carboxylic acids is 1. The van der Waals surface area contributed by atoms with E-state index in [1.54, 1.807) is 39.3 Å². The van der Waals surface area contributed by atoms with Gasteiger partial charge < -0.3 is 20.5 Å². The molecule has 1 amide bonds. The predicted octanol–water partition coefficient (Wildman–Crippen LogP) is 2.26. The first-order valence-corrected chi connectivity index (χ1v) is 8.01. The number of nitrogens with one attached hydrogen (secondary N) is 1. The highest BCUT2D eigenvalue weighted by Crippen LogP contribution is 2.29. The van der Waals surface area contributed by atoms with Gasteiger partial charge in [0.1, 0.15) is 11.5 Å². The van der Waals surface area contributed by atoms with E-state index in [0.717, 1.165) is 0 Å². The van der Waals surface area contributed by atoms with Gasteiger partial charge in [0.15, 0.2) is 4.34 Å². The van der Waals surface area contributed by atoms with Crippen LogP contribution >= 0.6 is 23.1 Å². The van der Waals surface area contributed by atoms with Crippen LogP contribution in [0.25, 0.3) is 0 Å². The van der Waals surface area contributed by atoms with Crippen LogP contribution in [0.4, 0.5) is 10.8 Å². The summed E-state index contributed by atoms with van der Waals surface area (Å²) in [4.78, 5) is 12.2. The summed E-state index contributed by atoms with van der Waals surface area (Å²) in [6.45, 7) is 1.79. The molecule has 0 bridgehead atoms. The Hall–Kier alpha value is -2.00. The molecule has 0 radical (unpaired) electrons. The predicted molar refractivity (Wildman–Crippen MR) is 87.8 cm³/mol. The fraction of sp³-hybridized carbons (Fsp3) is 0.308. The van der Waals surface area contributed by atoms with Gasteiger partial charge in [-0.2, -0.15) is 0 Å². The molecule has 22 heavy (non-hydrogen) atoms. The van der Waals surface area contributed by atoms with Crippen LogP contribution in [0.15, 0.2) is 22.5 Å². The minimum absolute atomic E-state index is 0.158. The van der Waals surface area contributed by atoms with Gasteiger partial charge in [-0.3, -0.25) is 4.79 Å². The van der Waals surface area contributed by atoms with E-state index >= 15 is 0 Å². The Labute approximate surface area is 136 Å². The largest absolute Gasteiger partial charge is 0.497 e. The number of carbonyl (C=O) groups is 1. The van der Waals surface area contributed by atoms with Crippen LogP contribution in [0.3, 0.4) is 0 Å². The first-order chi connectivity index (χ1) is 10.5. The Morgan fingerprint density at radius 1 is 1.27 bits per heavy atom. The molecular weight excluding hydrogens is 324 g/mol. The number of benzene rings is 1. The molecule has 1 heterocycles. The maximum Gasteiger partial charge on any atom is 0.237 e. The van der Waals surface area contributed by atoms with Crippen molar-refractivity contribution in [2.45, 2.75) is 16.5 Å². The number of nitrogens with zero attached hydrogens (tertiary/aromatic N) is 2. The minimum atomic E-state index is -0.343. The summed E-state index contributed by atoms with van der Waals surface area (Å²) in [5, 5.41) is 10.5. The third-order valence-corrected chi connectivity index (χ3v) is 4.62. The van der Waals surface area contributed by atoms with E-state index in [2.05, 4.69) is 15.5 Å². The summed E-state index contributed by atoms with van der Waals surface area (Å²) >= 11 is 2.55. The quantitative estimate of drug-likeness (QED) is 0.778. The summed E-state index contributed by atoms with van der Waals surface area (Å²) in [5.74, 6) is 1.05. The number of nitrogen functional groups attached to an aromatic ring is 1. The molecular formula is C13H16N4O3S2. The standard InChI is InChI=1S/C13H16N4O3S2/c1-7(21-13-17-16-12(14)22-13)11(18)15-8-4-9(19-2)6-10(5-8)20-3/h4-7H,1-3H3,(H2,14,16)(H,15,18). The number of rotatable bonds is 6. The minimum Gasteiger partial charge on any atom is -0.497 e. The van der Waals surface area contributed by atoms with Crippen LogP contribution in [0.2, 0.25) is 0 Å². The number of nitrogens with two attached hydrogens (primary N) is 1. The zero-order valence-corrected chi connectivity index (χ0v) is 14.0. The number of anilines is 2. The Morgan fingerprint density at radius 3 is 2.41 bits per heavy atom. The first kappa shape index (κ1) is 16.4. The highest BCUT2D eigenvalue weighted by molar-refractivity contribution is 8.02. The van der Waals surface area contributed by atoms with Gasteiger partial charge in [-0.1, -0.05) is 23.1 Å². The SMILES string of the molecule is COc1cc(NC(=O)C(C)Sc2nnc(N)s2)cc(OC)c1. The second-order valence-corrected chi connectivity index (χ2v) is 6.85. The molecule has 0 fully saturated rings. The van der Waals surface area contributed by atoms with Crippen LogP contribution < -0.4 is 20.5 Å². The number of methoxy groups -OCH3 is 2. The van der Waals surface area contributed by atoms with Crippen molar-refractivity contribution in [2.75, 3.05) is 25.3 Å². The monoisotopic (exact) mass is 340 g/mol. The number of ether oxygens (including phenoxy) is 2. The molecule has 0 aliphatic carbocycles. The lowest BCUT2D eigenvalue weighted by atomic mass is 10.2. The fourth-order valence-corrected chi connectivity index (χ4v) is 3.38. The van der Waals surface area contributed by atoms with Gasteiger partial charge >= 0.3 is 0 Å². The molecule has 7 nitrogen and oxygen atoms in total. The van der Waals surface area contributed by atoms with Gasteiger partial charge in [-0.15, -0.1) is 10.2 Å². The molecule has 9 heteroatoms. The molecule has 118 valence electrons. The van der Waals surface area contributed by atoms with E-state index in [1.165, 1.54) is 23.1 Å². The van der Waals surface area contributed by atoms with Crippen molar-refractivity contribution in [3.05, 3.63) is 18.2 Å². The molecule has 3 N–H and O–H groups in total. The highest BCUT2D eigenvalue weighted by atomic mass is 32.2. The molecule has 0 saturated carbocycles. The van der Waals surface area contributed by atoms with Gasteiger partial charge in [-0.05, 0) is 6.92 Å². The Balaban J connectivity index is 2.04. The van der Waals surface area contributed by atoms with E-state index in [4.69, 9.17) is 15.2 Å². The molecule has 0 spiro atoms. The lowest BCUT2D eigenvalue weighted by molar-refractivity contribution is -0.115. The topological polar surface area (TPSA) is 99.4 Å². The van der Waals surface area contributed by atoms with Crippen LogP contribution in [-0.4, -0.2) is 35.6 Å². The van der Waals surface area contributed by atoms with Crippen LogP contribution in [0.1, 0.15) is 6.92 Å². The van der Waals surface area contributed by atoms with E-state index in [9.17, 15) is 4.79 Å².